The minimum absolute atomic E-state index is 0.111. The van der Waals surface area contributed by atoms with E-state index in [1.165, 1.54) is 12.8 Å². The predicted molar refractivity (Wildman–Crippen MR) is 65.3 cm³/mol. The van der Waals surface area contributed by atoms with Gasteiger partial charge in [-0.15, -0.1) is 0 Å². The molecule has 2 aliphatic carbocycles. The second-order valence-electron chi connectivity index (χ2n) is 4.99. The van der Waals surface area contributed by atoms with Crippen LogP contribution in [-0.2, 0) is 20.1 Å². The van der Waals surface area contributed by atoms with Crippen molar-refractivity contribution in [2.45, 2.75) is 44.0 Å². The normalized spacial score (nSPS) is 21.1. The summed E-state index contributed by atoms with van der Waals surface area (Å²) in [7, 11) is 1.02. The molecule has 0 saturated heterocycles. The van der Waals surface area contributed by atoms with Crippen LogP contribution in [0.3, 0.4) is 0 Å². The molecule has 0 radical (unpaired) electrons. The Balaban J connectivity index is 0.000000425. The van der Waals surface area contributed by atoms with Crippen LogP contribution in [0.15, 0.2) is 0 Å². The van der Waals surface area contributed by atoms with E-state index in [0.717, 1.165) is 13.0 Å². The van der Waals surface area contributed by atoms with Crippen molar-refractivity contribution < 1.29 is 30.8 Å². The lowest BCUT2D eigenvalue weighted by Crippen LogP contribution is -2.47. The largest absolute Gasteiger partial charge is 0.435 e. The fourth-order valence-electron chi connectivity index (χ4n) is 0.983. The van der Waals surface area contributed by atoms with Gasteiger partial charge in [0.25, 0.3) is 11.1 Å². The maximum Gasteiger partial charge on any atom is 0.435 e. The van der Waals surface area contributed by atoms with Crippen molar-refractivity contribution in [3.63, 3.8) is 0 Å². The summed E-state index contributed by atoms with van der Waals surface area (Å²) >= 11 is -3.51. The number of hydroxylamine groups is 1. The Morgan fingerprint density at radius 2 is 1.70 bits per heavy atom. The third kappa shape index (κ3) is 5.63. The molecular weight excluding hydrogens is 302 g/mol. The third-order valence-corrected chi connectivity index (χ3v) is 3.74. The summed E-state index contributed by atoms with van der Waals surface area (Å²) in [5.74, 6) is 0.973. The van der Waals surface area contributed by atoms with Gasteiger partial charge in [0, 0.05) is 7.05 Å². The maximum absolute atomic E-state index is 12.9. The lowest BCUT2D eigenvalue weighted by molar-refractivity contribution is -0.318. The summed E-state index contributed by atoms with van der Waals surface area (Å²) < 4.78 is 69.8. The summed E-state index contributed by atoms with van der Waals surface area (Å²) in [5.41, 5.74) is 1.65. The molecule has 2 fully saturated rings. The molecule has 0 aliphatic heterocycles. The average molecular weight is 321 g/mol. The zero-order valence-electron chi connectivity index (χ0n) is 11.3. The zero-order valence-corrected chi connectivity index (χ0v) is 12.2. The van der Waals surface area contributed by atoms with Crippen molar-refractivity contribution in [3.05, 3.63) is 0 Å². The first-order valence-electron chi connectivity index (χ1n) is 6.36. The molecule has 2 saturated carbocycles. The number of hydrogen-bond donors (Lipinski definition) is 1. The Morgan fingerprint density at radius 1 is 1.20 bits per heavy atom. The molecule has 1 unspecified atom stereocenters. The van der Waals surface area contributed by atoms with Crippen LogP contribution in [0.5, 0.6) is 0 Å². The smallest absolute Gasteiger partial charge is 0.314 e. The van der Waals surface area contributed by atoms with Gasteiger partial charge in [0.05, 0.1) is 6.61 Å². The lowest BCUT2D eigenvalue weighted by Gasteiger charge is -2.24. The van der Waals surface area contributed by atoms with Gasteiger partial charge in [0.15, 0.2) is 0 Å². The van der Waals surface area contributed by atoms with Gasteiger partial charge < -0.3 is 4.74 Å². The van der Waals surface area contributed by atoms with Crippen LogP contribution in [0.1, 0.15) is 32.6 Å². The molecular formula is C11H19F4NO3S. The first kappa shape index (κ1) is 17.8. The molecule has 1 N–H and O–H groups in total. The van der Waals surface area contributed by atoms with Gasteiger partial charge >= 0.3 is 11.4 Å². The lowest BCUT2D eigenvalue weighted by atomic mass is 10.5. The quantitative estimate of drug-likeness (QED) is 0.579. The highest BCUT2D eigenvalue weighted by Crippen LogP contribution is 2.40. The number of halogens is 4. The molecule has 0 aromatic rings. The summed E-state index contributed by atoms with van der Waals surface area (Å²) in [4.78, 5) is 0. The molecule has 0 bridgehead atoms. The van der Waals surface area contributed by atoms with Crippen molar-refractivity contribution in [2.75, 3.05) is 13.7 Å². The van der Waals surface area contributed by atoms with E-state index in [9.17, 15) is 21.8 Å². The van der Waals surface area contributed by atoms with Gasteiger partial charge in [-0.3, -0.25) is 0 Å². The molecule has 2 rings (SSSR count). The monoisotopic (exact) mass is 321 g/mol. The van der Waals surface area contributed by atoms with Gasteiger partial charge in [0.2, 0.25) is 0 Å². The van der Waals surface area contributed by atoms with Gasteiger partial charge in [-0.25, -0.2) is 4.21 Å². The van der Waals surface area contributed by atoms with E-state index >= 15 is 0 Å². The molecule has 0 heterocycles. The van der Waals surface area contributed by atoms with Crippen LogP contribution < -0.4 is 5.48 Å². The summed E-state index contributed by atoms with van der Waals surface area (Å²) in [6, 6.07) is 0. The van der Waals surface area contributed by atoms with E-state index in [0.29, 0.717) is 12.8 Å². The zero-order chi connectivity index (χ0) is 15.4. The van der Waals surface area contributed by atoms with Gasteiger partial charge in [-0.2, -0.15) is 27.3 Å². The topological polar surface area (TPSA) is 47.6 Å². The Kier molecular flexibility index (Phi) is 6.36. The number of hydrogen-bond acceptors (Lipinski definition) is 4. The molecule has 0 spiro atoms. The average Bonchev–Trinajstić information content (AvgIpc) is 3.23. The Hall–Kier alpha value is -0.250. The third-order valence-electron chi connectivity index (χ3n) is 2.77. The summed E-state index contributed by atoms with van der Waals surface area (Å²) in [6.45, 7) is 1.80. The Labute approximate surface area is 117 Å². The van der Waals surface area contributed by atoms with Crippen LogP contribution in [0.4, 0.5) is 17.6 Å². The molecule has 120 valence electrons. The highest BCUT2D eigenvalue weighted by atomic mass is 32.2. The number of rotatable bonds is 7. The maximum atomic E-state index is 12.9. The van der Waals surface area contributed by atoms with Crippen molar-refractivity contribution in [3.8, 4) is 0 Å². The minimum Gasteiger partial charge on any atom is -0.314 e. The van der Waals surface area contributed by atoms with Crippen LogP contribution in [0, 0.1) is 11.8 Å². The van der Waals surface area contributed by atoms with Crippen LogP contribution >= 0.6 is 0 Å². The van der Waals surface area contributed by atoms with Crippen molar-refractivity contribution in [1.82, 2.24) is 5.48 Å². The van der Waals surface area contributed by atoms with E-state index in [4.69, 9.17) is 0 Å². The number of ether oxygens (including phenoxy) is 1. The summed E-state index contributed by atoms with van der Waals surface area (Å²) in [5, 5.41) is -4.90. The SMILES string of the molecule is CC1CC1.CNOS(=O)C(F)(F)C(F)(F)OCC1CC1. The van der Waals surface area contributed by atoms with E-state index in [1.54, 1.807) is 5.48 Å². The van der Waals surface area contributed by atoms with E-state index in [1.807, 2.05) is 0 Å². The Morgan fingerprint density at radius 3 is 2.05 bits per heavy atom. The molecule has 20 heavy (non-hydrogen) atoms. The standard InChI is InChI=1S/C7H11F4NO3S.C4H8/c1-12-15-16(13)7(10,11)6(8,9)14-4-5-2-3-5;1-4-2-3-4/h5,12H,2-4H2,1H3;4H,2-3H2,1H3. The highest BCUT2D eigenvalue weighted by Gasteiger charge is 2.64. The second-order valence-corrected chi connectivity index (χ2v) is 6.14. The molecule has 0 aromatic carbocycles. The van der Waals surface area contributed by atoms with Crippen LogP contribution in [0.2, 0.25) is 0 Å². The minimum atomic E-state index is -4.90. The van der Waals surface area contributed by atoms with Crippen molar-refractivity contribution in [1.29, 1.82) is 0 Å². The van der Waals surface area contributed by atoms with E-state index in [2.05, 4.69) is 15.9 Å². The molecule has 1 atom stereocenters. The Bertz CT molecular complexity index is 336. The fraction of sp³-hybridized carbons (Fsp3) is 1.00. The summed E-state index contributed by atoms with van der Waals surface area (Å²) in [6.07, 6.45) is -0.479. The number of nitrogens with one attached hydrogen (secondary N) is 1. The molecule has 0 aromatic heterocycles. The molecule has 2 aliphatic rings. The predicted octanol–water partition coefficient (Wildman–Crippen LogP) is 2.83. The van der Waals surface area contributed by atoms with Gasteiger partial charge in [-0.1, -0.05) is 19.8 Å². The van der Waals surface area contributed by atoms with E-state index in [-0.39, 0.29) is 5.92 Å². The van der Waals surface area contributed by atoms with E-state index < -0.39 is 29.1 Å². The van der Waals surface area contributed by atoms with Crippen molar-refractivity contribution >= 4 is 11.1 Å². The van der Waals surface area contributed by atoms with Crippen LogP contribution in [-0.4, -0.2) is 29.2 Å². The molecule has 0 amide bonds. The molecule has 4 nitrogen and oxygen atoms in total. The first-order chi connectivity index (χ1) is 9.20. The molecule has 9 heteroatoms. The van der Waals surface area contributed by atoms with Gasteiger partial charge in [0.1, 0.15) is 0 Å². The van der Waals surface area contributed by atoms with Crippen molar-refractivity contribution in [2.24, 2.45) is 11.8 Å². The highest BCUT2D eigenvalue weighted by molar-refractivity contribution is 7.81. The number of alkyl halides is 4. The fourth-order valence-corrected chi connectivity index (χ4v) is 1.49. The first-order valence-corrected chi connectivity index (χ1v) is 7.43. The van der Waals surface area contributed by atoms with Gasteiger partial charge in [-0.05, 0) is 24.7 Å². The second kappa shape index (κ2) is 7.15. The van der Waals surface area contributed by atoms with Crippen LogP contribution in [0.25, 0.3) is 0 Å².